The minimum Gasteiger partial charge on any atom is -0.322 e. The SMILES string of the molecule is CC(C)(C)c1ccc(CCS(=O)(=O)N[C@H](c2ccccc2)[C@H](N)c2ccccc2)cc1. The zero-order chi connectivity index (χ0) is 22.5. The minimum atomic E-state index is -3.55. The zero-order valence-electron chi connectivity index (χ0n) is 18.5. The molecule has 0 aromatic heterocycles. The number of nitrogens with two attached hydrogens (primary N) is 1. The van der Waals surface area contributed by atoms with Crippen LogP contribution in [0, 0.1) is 0 Å². The van der Waals surface area contributed by atoms with Crippen molar-refractivity contribution in [2.24, 2.45) is 5.73 Å². The molecule has 3 rings (SSSR count). The molecule has 3 N–H and O–H groups in total. The number of hydrogen-bond donors (Lipinski definition) is 2. The van der Waals surface area contributed by atoms with E-state index in [0.29, 0.717) is 6.42 Å². The predicted molar refractivity (Wildman–Crippen MR) is 128 cm³/mol. The van der Waals surface area contributed by atoms with Gasteiger partial charge in [-0.2, -0.15) is 0 Å². The van der Waals surface area contributed by atoms with Gasteiger partial charge in [0.1, 0.15) is 0 Å². The van der Waals surface area contributed by atoms with Crippen LogP contribution >= 0.6 is 0 Å². The average Bonchev–Trinajstić information content (AvgIpc) is 2.77. The highest BCUT2D eigenvalue weighted by atomic mass is 32.2. The second-order valence-electron chi connectivity index (χ2n) is 8.96. The van der Waals surface area contributed by atoms with E-state index in [1.165, 1.54) is 5.56 Å². The first-order valence-corrected chi connectivity index (χ1v) is 12.3. The number of aryl methyl sites for hydroxylation is 1. The molecule has 0 unspecified atom stereocenters. The van der Waals surface area contributed by atoms with Crippen molar-refractivity contribution in [3.05, 3.63) is 107 Å². The molecule has 0 heterocycles. The van der Waals surface area contributed by atoms with Crippen LogP contribution in [0.5, 0.6) is 0 Å². The maximum Gasteiger partial charge on any atom is 0.212 e. The van der Waals surface area contributed by atoms with Crippen molar-refractivity contribution < 1.29 is 8.42 Å². The Morgan fingerprint density at radius 3 is 1.84 bits per heavy atom. The Kier molecular flexibility index (Phi) is 7.31. The molecule has 31 heavy (non-hydrogen) atoms. The third-order valence-corrected chi connectivity index (χ3v) is 6.84. The molecule has 0 aliphatic rings. The summed E-state index contributed by atoms with van der Waals surface area (Å²) < 4.78 is 28.8. The molecular weight excluding hydrogens is 404 g/mol. The quantitative estimate of drug-likeness (QED) is 0.528. The molecule has 0 spiro atoms. The van der Waals surface area contributed by atoms with Crippen molar-refractivity contribution in [3.8, 4) is 0 Å². The Morgan fingerprint density at radius 1 is 0.806 bits per heavy atom. The molecule has 4 nitrogen and oxygen atoms in total. The normalized spacial score (nSPS) is 14.2. The molecule has 0 aliphatic carbocycles. The van der Waals surface area contributed by atoms with E-state index in [2.05, 4.69) is 37.6 Å². The Bertz CT molecular complexity index is 1060. The van der Waals surface area contributed by atoms with Crippen molar-refractivity contribution in [2.75, 3.05) is 5.75 Å². The molecular formula is C26H32N2O2S. The first-order valence-electron chi connectivity index (χ1n) is 10.6. The largest absolute Gasteiger partial charge is 0.322 e. The molecule has 0 fully saturated rings. The van der Waals surface area contributed by atoms with Gasteiger partial charge < -0.3 is 5.73 Å². The van der Waals surface area contributed by atoms with Gasteiger partial charge in [-0.3, -0.25) is 0 Å². The Labute approximate surface area is 186 Å². The second kappa shape index (κ2) is 9.77. The van der Waals surface area contributed by atoms with E-state index in [9.17, 15) is 8.42 Å². The number of hydrogen-bond acceptors (Lipinski definition) is 3. The van der Waals surface area contributed by atoms with Crippen molar-refractivity contribution >= 4 is 10.0 Å². The van der Waals surface area contributed by atoms with Crippen LogP contribution in [0.1, 0.15) is 55.1 Å². The lowest BCUT2D eigenvalue weighted by molar-refractivity contribution is 0.503. The van der Waals surface area contributed by atoms with Gasteiger partial charge in [0.05, 0.1) is 17.8 Å². The molecule has 5 heteroatoms. The van der Waals surface area contributed by atoms with Crippen LogP contribution in [0.15, 0.2) is 84.9 Å². The lowest BCUT2D eigenvalue weighted by Gasteiger charge is -2.26. The molecule has 164 valence electrons. The molecule has 3 aromatic carbocycles. The summed E-state index contributed by atoms with van der Waals surface area (Å²) in [6, 6.07) is 26.2. The highest BCUT2D eigenvalue weighted by molar-refractivity contribution is 7.89. The average molecular weight is 437 g/mol. The summed E-state index contributed by atoms with van der Waals surface area (Å²) in [6.45, 7) is 6.49. The Hall–Kier alpha value is -2.47. The third kappa shape index (κ3) is 6.50. The van der Waals surface area contributed by atoms with Crippen LogP contribution in [0.25, 0.3) is 0 Å². The van der Waals surface area contributed by atoms with Crippen molar-refractivity contribution in [1.29, 1.82) is 0 Å². The third-order valence-electron chi connectivity index (χ3n) is 5.49. The summed E-state index contributed by atoms with van der Waals surface area (Å²) in [5.74, 6) is 0.00665. The molecule has 2 atom stereocenters. The van der Waals surface area contributed by atoms with Crippen LogP contribution in [0.4, 0.5) is 0 Å². The fraction of sp³-hybridized carbons (Fsp3) is 0.308. The monoisotopic (exact) mass is 436 g/mol. The highest BCUT2D eigenvalue weighted by Gasteiger charge is 2.26. The van der Waals surface area contributed by atoms with Crippen LogP contribution in [-0.4, -0.2) is 14.2 Å². The molecule has 0 aliphatic heterocycles. The van der Waals surface area contributed by atoms with Gasteiger partial charge in [-0.25, -0.2) is 13.1 Å². The van der Waals surface area contributed by atoms with Gasteiger partial charge in [0.2, 0.25) is 10.0 Å². The summed E-state index contributed by atoms with van der Waals surface area (Å²) in [5, 5.41) is 0. The van der Waals surface area contributed by atoms with Crippen molar-refractivity contribution in [2.45, 2.75) is 44.7 Å². The first-order chi connectivity index (χ1) is 14.7. The van der Waals surface area contributed by atoms with E-state index in [4.69, 9.17) is 5.73 Å². The van der Waals surface area contributed by atoms with Gasteiger partial charge in [0.15, 0.2) is 0 Å². The van der Waals surface area contributed by atoms with Gasteiger partial charge in [0, 0.05) is 0 Å². The number of sulfonamides is 1. The number of nitrogens with one attached hydrogen (secondary N) is 1. The van der Waals surface area contributed by atoms with Crippen LogP contribution in [0.2, 0.25) is 0 Å². The number of rotatable bonds is 8. The summed E-state index contributed by atoms with van der Waals surface area (Å²) >= 11 is 0. The standard InChI is InChI=1S/C26H32N2O2S/c1-26(2,3)23-16-14-20(15-17-23)18-19-31(29,30)28-25(22-12-8-5-9-13-22)24(27)21-10-6-4-7-11-21/h4-17,24-25,28H,18-19,27H2,1-3H3/t24-,25-/m1/s1. The summed E-state index contributed by atoms with van der Waals surface area (Å²) in [5.41, 5.74) is 10.6. The molecule has 0 radical (unpaired) electrons. The van der Waals surface area contributed by atoms with Crippen LogP contribution < -0.4 is 10.5 Å². The highest BCUT2D eigenvalue weighted by Crippen LogP contribution is 2.28. The smallest absolute Gasteiger partial charge is 0.212 e. The fourth-order valence-electron chi connectivity index (χ4n) is 3.55. The van der Waals surface area contributed by atoms with Gasteiger partial charge in [-0.15, -0.1) is 0 Å². The van der Waals surface area contributed by atoms with E-state index in [-0.39, 0.29) is 11.2 Å². The minimum absolute atomic E-state index is 0.00665. The van der Waals surface area contributed by atoms with Gasteiger partial charge >= 0.3 is 0 Å². The van der Waals surface area contributed by atoms with E-state index >= 15 is 0 Å². The fourth-order valence-corrected chi connectivity index (χ4v) is 4.84. The van der Waals surface area contributed by atoms with Crippen LogP contribution in [0.3, 0.4) is 0 Å². The Balaban J connectivity index is 1.75. The van der Waals surface area contributed by atoms with Crippen molar-refractivity contribution in [3.63, 3.8) is 0 Å². The zero-order valence-corrected chi connectivity index (χ0v) is 19.3. The maximum atomic E-state index is 13.0. The topological polar surface area (TPSA) is 72.2 Å². The lowest BCUT2D eigenvalue weighted by Crippen LogP contribution is -2.37. The van der Waals surface area contributed by atoms with E-state index in [1.54, 1.807) is 0 Å². The molecule has 3 aromatic rings. The molecule has 0 amide bonds. The predicted octanol–water partition coefficient (Wildman–Crippen LogP) is 4.89. The summed E-state index contributed by atoms with van der Waals surface area (Å²) in [6.07, 6.45) is 0.446. The first kappa shape index (κ1) is 23.2. The molecule has 0 bridgehead atoms. The van der Waals surface area contributed by atoms with E-state index in [1.807, 2.05) is 72.8 Å². The second-order valence-corrected chi connectivity index (χ2v) is 10.8. The Morgan fingerprint density at radius 2 is 1.32 bits per heavy atom. The van der Waals surface area contributed by atoms with Crippen molar-refractivity contribution in [1.82, 2.24) is 4.72 Å². The summed E-state index contributed by atoms with van der Waals surface area (Å²) in [4.78, 5) is 0. The van der Waals surface area contributed by atoms with Gasteiger partial charge in [-0.05, 0) is 34.1 Å². The molecule has 0 saturated carbocycles. The molecule has 0 saturated heterocycles. The van der Waals surface area contributed by atoms with Crippen LogP contribution in [-0.2, 0) is 21.9 Å². The van der Waals surface area contributed by atoms with E-state index < -0.39 is 22.1 Å². The van der Waals surface area contributed by atoms with E-state index in [0.717, 1.165) is 16.7 Å². The lowest BCUT2D eigenvalue weighted by atomic mass is 9.86. The number of benzene rings is 3. The summed E-state index contributed by atoms with van der Waals surface area (Å²) in [7, 11) is -3.55. The van der Waals surface area contributed by atoms with Gasteiger partial charge in [0.25, 0.3) is 0 Å². The maximum absolute atomic E-state index is 13.0. The van der Waals surface area contributed by atoms with Gasteiger partial charge in [-0.1, -0.05) is 106 Å².